The van der Waals surface area contributed by atoms with Crippen molar-refractivity contribution in [1.82, 2.24) is 15.1 Å². The number of urea groups is 1. The number of thiophene rings is 1. The summed E-state index contributed by atoms with van der Waals surface area (Å²) in [6.07, 6.45) is 2.25. The Morgan fingerprint density at radius 2 is 1.53 bits per heavy atom. The average molecular weight is 448 g/mol. The van der Waals surface area contributed by atoms with E-state index in [1.165, 1.54) is 0 Å². The second kappa shape index (κ2) is 11.0. The van der Waals surface area contributed by atoms with Gasteiger partial charge in [0.2, 0.25) is 5.91 Å². The van der Waals surface area contributed by atoms with E-state index in [2.05, 4.69) is 5.32 Å². The Balaban J connectivity index is 1.42. The van der Waals surface area contributed by atoms with Crippen LogP contribution in [-0.2, 0) is 24.4 Å². The quantitative estimate of drug-likeness (QED) is 0.481. The molecule has 166 valence electrons. The molecule has 0 bridgehead atoms. The molecule has 1 aromatic heterocycles. The minimum Gasteiger partial charge on any atom is -0.334 e. The van der Waals surface area contributed by atoms with Gasteiger partial charge in [-0.25, -0.2) is 4.79 Å². The molecule has 4 rings (SSSR count). The Hall–Kier alpha value is -3.12. The largest absolute Gasteiger partial charge is 0.334 e. The van der Waals surface area contributed by atoms with Crippen LogP contribution >= 0.6 is 11.3 Å². The van der Waals surface area contributed by atoms with E-state index < -0.39 is 0 Å². The number of hydrogen-bond donors (Lipinski definition) is 1. The van der Waals surface area contributed by atoms with E-state index >= 15 is 0 Å². The van der Waals surface area contributed by atoms with Crippen LogP contribution in [0.2, 0.25) is 0 Å². The molecule has 0 saturated heterocycles. The summed E-state index contributed by atoms with van der Waals surface area (Å²) in [5.41, 5.74) is 2.13. The Morgan fingerprint density at radius 1 is 0.844 bits per heavy atom. The van der Waals surface area contributed by atoms with Crippen molar-refractivity contribution < 1.29 is 9.59 Å². The van der Waals surface area contributed by atoms with Crippen molar-refractivity contribution >= 4 is 23.3 Å². The van der Waals surface area contributed by atoms with Crippen molar-refractivity contribution in [3.05, 3.63) is 94.2 Å². The monoisotopic (exact) mass is 447 g/mol. The molecule has 6 heteroatoms. The molecule has 1 saturated carbocycles. The lowest BCUT2D eigenvalue weighted by Crippen LogP contribution is -2.47. The van der Waals surface area contributed by atoms with Crippen molar-refractivity contribution in [1.29, 1.82) is 0 Å². The van der Waals surface area contributed by atoms with Crippen LogP contribution in [0.4, 0.5) is 4.79 Å². The molecule has 0 atom stereocenters. The van der Waals surface area contributed by atoms with Crippen LogP contribution in [0.5, 0.6) is 0 Å². The summed E-state index contributed by atoms with van der Waals surface area (Å²) < 4.78 is 0. The van der Waals surface area contributed by atoms with E-state index in [1.54, 1.807) is 16.2 Å². The first-order valence-electron chi connectivity index (χ1n) is 11.1. The number of nitrogens with one attached hydrogen (secondary N) is 1. The summed E-state index contributed by atoms with van der Waals surface area (Å²) in [7, 11) is 0. The molecule has 3 aromatic rings. The fourth-order valence-electron chi connectivity index (χ4n) is 3.61. The van der Waals surface area contributed by atoms with E-state index in [-0.39, 0.29) is 18.5 Å². The highest BCUT2D eigenvalue weighted by Crippen LogP contribution is 2.29. The van der Waals surface area contributed by atoms with Gasteiger partial charge >= 0.3 is 6.03 Å². The molecule has 0 aliphatic heterocycles. The third-order valence-electron chi connectivity index (χ3n) is 5.57. The summed E-state index contributed by atoms with van der Waals surface area (Å²) in [5.74, 6) is 0.475. The number of benzene rings is 2. The van der Waals surface area contributed by atoms with Gasteiger partial charge in [0.1, 0.15) is 6.54 Å². The van der Waals surface area contributed by atoms with Crippen LogP contribution in [0, 0.1) is 5.92 Å². The highest BCUT2D eigenvalue weighted by atomic mass is 32.1. The molecule has 0 radical (unpaired) electrons. The van der Waals surface area contributed by atoms with Gasteiger partial charge < -0.3 is 15.1 Å². The van der Waals surface area contributed by atoms with Gasteiger partial charge in [0.05, 0.1) is 6.54 Å². The summed E-state index contributed by atoms with van der Waals surface area (Å²) >= 11 is 1.64. The third kappa shape index (κ3) is 6.69. The maximum atomic E-state index is 13.4. The number of hydrogen-bond acceptors (Lipinski definition) is 3. The predicted molar refractivity (Wildman–Crippen MR) is 128 cm³/mol. The van der Waals surface area contributed by atoms with Crippen molar-refractivity contribution in [3.63, 3.8) is 0 Å². The van der Waals surface area contributed by atoms with Crippen LogP contribution in [0.1, 0.15) is 28.8 Å². The first-order chi connectivity index (χ1) is 15.7. The summed E-state index contributed by atoms with van der Waals surface area (Å²) in [4.78, 5) is 31.0. The normalized spacial score (nSPS) is 12.9. The molecule has 1 aliphatic rings. The molecule has 3 amide bonds. The van der Waals surface area contributed by atoms with Crippen molar-refractivity contribution in [2.75, 3.05) is 13.1 Å². The zero-order valence-electron chi connectivity index (χ0n) is 18.2. The van der Waals surface area contributed by atoms with Crippen LogP contribution in [-0.4, -0.2) is 34.8 Å². The fourth-order valence-corrected chi connectivity index (χ4v) is 4.33. The minimum atomic E-state index is -0.176. The number of carbonyl (C=O) groups excluding carboxylic acids is 2. The van der Waals surface area contributed by atoms with Gasteiger partial charge in [-0.3, -0.25) is 4.79 Å². The van der Waals surface area contributed by atoms with E-state index in [1.807, 2.05) is 83.1 Å². The number of carbonyl (C=O) groups is 2. The minimum absolute atomic E-state index is 0.0298. The van der Waals surface area contributed by atoms with Crippen molar-refractivity contribution in [2.45, 2.75) is 32.5 Å². The van der Waals surface area contributed by atoms with E-state index in [4.69, 9.17) is 0 Å². The Bertz CT molecular complexity index is 988. The highest BCUT2D eigenvalue weighted by Gasteiger charge is 2.29. The maximum Gasteiger partial charge on any atom is 0.318 e. The standard InChI is InChI=1S/C26H29N3O2S/c30-25(28(19-24-12-7-15-32-24)17-22-10-5-2-6-11-22)20-29(18-23-13-14-23)26(31)27-16-21-8-3-1-4-9-21/h1-12,15,23H,13-14,16-20H2,(H,27,31). The Labute approximate surface area is 193 Å². The van der Waals surface area contributed by atoms with Crippen molar-refractivity contribution in [2.24, 2.45) is 5.92 Å². The topological polar surface area (TPSA) is 52.7 Å². The van der Waals surface area contributed by atoms with Crippen LogP contribution in [0.15, 0.2) is 78.2 Å². The van der Waals surface area contributed by atoms with Crippen LogP contribution in [0.3, 0.4) is 0 Å². The first-order valence-corrected chi connectivity index (χ1v) is 12.0. The summed E-state index contributed by atoms with van der Waals surface area (Å²) in [5, 5.41) is 5.01. The first kappa shape index (κ1) is 22.1. The molecule has 1 aliphatic carbocycles. The smallest absolute Gasteiger partial charge is 0.318 e. The summed E-state index contributed by atoms with van der Waals surface area (Å²) in [6.45, 7) is 2.26. The Kier molecular flexibility index (Phi) is 7.56. The summed E-state index contributed by atoms with van der Waals surface area (Å²) in [6, 6.07) is 23.7. The molecule has 0 unspecified atom stereocenters. The van der Waals surface area contributed by atoms with Gasteiger partial charge in [0.15, 0.2) is 0 Å². The fraction of sp³-hybridized carbons (Fsp3) is 0.308. The van der Waals surface area contributed by atoms with Gasteiger partial charge in [-0.05, 0) is 41.3 Å². The van der Waals surface area contributed by atoms with Crippen LogP contribution < -0.4 is 5.32 Å². The van der Waals surface area contributed by atoms with Gasteiger partial charge in [0, 0.05) is 24.5 Å². The van der Waals surface area contributed by atoms with E-state index in [9.17, 15) is 9.59 Å². The maximum absolute atomic E-state index is 13.4. The van der Waals surface area contributed by atoms with Gasteiger partial charge in [0.25, 0.3) is 0 Å². The molecule has 1 N–H and O–H groups in total. The molecule has 1 heterocycles. The SMILES string of the molecule is O=C(CN(CC1CC1)C(=O)NCc1ccccc1)N(Cc1ccccc1)Cc1cccs1. The molecule has 32 heavy (non-hydrogen) atoms. The third-order valence-corrected chi connectivity index (χ3v) is 6.43. The van der Waals surface area contributed by atoms with Gasteiger partial charge in [-0.15, -0.1) is 11.3 Å². The number of rotatable bonds is 10. The average Bonchev–Trinajstić information content (AvgIpc) is 3.49. The number of nitrogens with zero attached hydrogens (tertiary/aromatic N) is 2. The molecular formula is C26H29N3O2S. The second-order valence-electron chi connectivity index (χ2n) is 8.28. The van der Waals surface area contributed by atoms with Crippen LogP contribution in [0.25, 0.3) is 0 Å². The highest BCUT2D eigenvalue weighted by molar-refractivity contribution is 7.09. The lowest BCUT2D eigenvalue weighted by molar-refractivity contribution is -0.133. The molecule has 5 nitrogen and oxygen atoms in total. The van der Waals surface area contributed by atoms with E-state index in [0.29, 0.717) is 32.1 Å². The van der Waals surface area contributed by atoms with Gasteiger partial charge in [-0.1, -0.05) is 66.7 Å². The second-order valence-corrected chi connectivity index (χ2v) is 9.32. The number of amides is 3. The lowest BCUT2D eigenvalue weighted by atomic mass is 10.2. The van der Waals surface area contributed by atoms with E-state index in [0.717, 1.165) is 28.8 Å². The van der Waals surface area contributed by atoms with Gasteiger partial charge in [-0.2, -0.15) is 0 Å². The van der Waals surface area contributed by atoms with Crippen molar-refractivity contribution in [3.8, 4) is 0 Å². The molecule has 0 spiro atoms. The molecule has 1 fully saturated rings. The molecular weight excluding hydrogens is 418 g/mol. The predicted octanol–water partition coefficient (Wildman–Crippen LogP) is 4.90. The zero-order valence-corrected chi connectivity index (χ0v) is 19.0. The lowest BCUT2D eigenvalue weighted by Gasteiger charge is -2.28. The molecule has 2 aromatic carbocycles. The Morgan fingerprint density at radius 3 is 2.16 bits per heavy atom. The zero-order chi connectivity index (χ0) is 22.2.